The highest BCUT2D eigenvalue weighted by molar-refractivity contribution is 6.31. The summed E-state index contributed by atoms with van der Waals surface area (Å²) in [5.41, 5.74) is 8.66. The topological polar surface area (TPSA) is 203 Å². The van der Waals surface area contributed by atoms with E-state index in [-0.39, 0.29) is 35.3 Å². The molecule has 5 heterocycles. The summed E-state index contributed by atoms with van der Waals surface area (Å²) in [6.45, 7) is 5.62. The van der Waals surface area contributed by atoms with Gasteiger partial charge in [0.05, 0.1) is 47.3 Å². The van der Waals surface area contributed by atoms with E-state index in [0.717, 1.165) is 10.9 Å². The number of carbonyl (C=O) groups excluding carboxylic acids is 3. The second-order valence-electron chi connectivity index (χ2n) is 11.4. The molecule has 1 aromatic carbocycles. The number of hydrogen-bond donors (Lipinski definition) is 3. The normalized spacial score (nSPS) is 16.0. The van der Waals surface area contributed by atoms with Gasteiger partial charge in [0.2, 0.25) is 11.8 Å². The number of likely N-dealkylation sites (tertiary alicyclic amines) is 2. The Balaban J connectivity index is 0.000000293. The van der Waals surface area contributed by atoms with Crippen molar-refractivity contribution in [3.63, 3.8) is 0 Å². The predicted molar refractivity (Wildman–Crippen MR) is 170 cm³/mol. The lowest BCUT2D eigenvalue weighted by Crippen LogP contribution is -2.56. The molecule has 2 aliphatic heterocycles. The first-order chi connectivity index (χ1) is 22.1. The van der Waals surface area contributed by atoms with Gasteiger partial charge in [0.1, 0.15) is 22.9 Å². The average molecular weight is 644 g/mol. The minimum absolute atomic E-state index is 0.0241. The molecule has 4 N–H and O–H groups in total. The Kier molecular flexibility index (Phi) is 9.51. The van der Waals surface area contributed by atoms with Crippen LogP contribution in [0.15, 0.2) is 30.6 Å². The summed E-state index contributed by atoms with van der Waals surface area (Å²) in [7, 11) is 1.82. The first-order valence-electron chi connectivity index (χ1n) is 15.0. The van der Waals surface area contributed by atoms with Crippen LogP contribution in [0, 0.1) is 34.5 Å². The van der Waals surface area contributed by atoms with Crippen molar-refractivity contribution in [2.75, 3.05) is 26.2 Å². The van der Waals surface area contributed by atoms with E-state index < -0.39 is 11.9 Å². The van der Waals surface area contributed by atoms with Crippen molar-refractivity contribution in [1.82, 2.24) is 39.8 Å². The molecule has 15 heteroatoms. The SMILES string of the molecule is CC[C@@H](N)C(=O)N1CC(C#N)C1.CC[C@@H](NC(=O)c1c[nH]c2ncc(-c3nn(C)c4cc(Cl)ccc34)nc12)C(=O)N1CC(C#N)C1. The van der Waals surface area contributed by atoms with Crippen LogP contribution in [0.1, 0.15) is 37.0 Å². The van der Waals surface area contributed by atoms with Crippen LogP contribution in [-0.4, -0.2) is 90.5 Å². The van der Waals surface area contributed by atoms with Gasteiger partial charge in [0.25, 0.3) is 5.91 Å². The summed E-state index contributed by atoms with van der Waals surface area (Å²) in [6.07, 6.45) is 4.23. The molecule has 14 nitrogen and oxygen atoms in total. The molecule has 0 bridgehead atoms. The molecule has 4 aromatic rings. The molecule has 46 heavy (non-hydrogen) atoms. The van der Waals surface area contributed by atoms with Crippen LogP contribution in [-0.2, 0) is 16.6 Å². The minimum Gasteiger partial charge on any atom is -0.344 e. The van der Waals surface area contributed by atoms with Crippen molar-refractivity contribution < 1.29 is 14.4 Å². The maximum absolute atomic E-state index is 13.1. The fourth-order valence-electron chi connectivity index (χ4n) is 5.28. The minimum atomic E-state index is -0.683. The zero-order valence-electron chi connectivity index (χ0n) is 25.7. The maximum atomic E-state index is 13.1. The van der Waals surface area contributed by atoms with E-state index in [2.05, 4.69) is 37.5 Å². The Bertz CT molecular complexity index is 1880. The number of aryl methyl sites for hydroxylation is 1. The summed E-state index contributed by atoms with van der Waals surface area (Å²) in [5.74, 6) is -0.749. The molecule has 0 radical (unpaired) electrons. The quantitative estimate of drug-likeness (QED) is 0.270. The Morgan fingerprint density at radius 3 is 2.35 bits per heavy atom. The standard InChI is InChI=1S/C23H21ClN8O2.C8H13N3O/c1-3-16(23(34)32-10-12(7-25)11-32)29-22(33)15-8-26-21-20(15)28-17(9-27-21)19-14-5-4-13(24)6-18(14)31(2)30-19;1-2-7(10)8(12)11-4-6(3-9)5-11/h4-6,8-9,12,16H,3,10-11H2,1-2H3,(H,26,27)(H,29,33);6-7H,2,4-5,10H2,1H3/t16-;7-/m11/s1. The number of nitrogens with one attached hydrogen (secondary N) is 2. The van der Waals surface area contributed by atoms with Crippen LogP contribution in [0.25, 0.3) is 33.5 Å². The monoisotopic (exact) mass is 643 g/mol. The van der Waals surface area contributed by atoms with E-state index in [1.54, 1.807) is 26.7 Å². The van der Waals surface area contributed by atoms with E-state index in [4.69, 9.17) is 27.9 Å². The number of hydrogen-bond acceptors (Lipinski definition) is 9. The highest BCUT2D eigenvalue weighted by Gasteiger charge is 2.35. The molecule has 6 rings (SSSR count). The molecule has 0 aliphatic carbocycles. The van der Waals surface area contributed by atoms with Crippen LogP contribution < -0.4 is 11.1 Å². The van der Waals surface area contributed by atoms with Crippen molar-refractivity contribution in [3.8, 4) is 23.5 Å². The Morgan fingerprint density at radius 2 is 1.74 bits per heavy atom. The van der Waals surface area contributed by atoms with Crippen LogP contribution in [0.4, 0.5) is 0 Å². The second kappa shape index (κ2) is 13.5. The number of aromatic nitrogens is 5. The molecule has 3 aromatic heterocycles. The van der Waals surface area contributed by atoms with Gasteiger partial charge in [-0.1, -0.05) is 25.4 Å². The van der Waals surface area contributed by atoms with E-state index in [0.29, 0.717) is 66.6 Å². The number of nitrogens with zero attached hydrogens (tertiary/aromatic N) is 8. The number of fused-ring (bicyclic) bond motifs is 2. The van der Waals surface area contributed by atoms with Crippen molar-refractivity contribution in [2.45, 2.75) is 38.8 Å². The molecular formula is C31H34ClN11O3. The fourth-order valence-corrected chi connectivity index (χ4v) is 5.45. The number of nitrogens with two attached hydrogens (primary N) is 1. The number of amides is 3. The van der Waals surface area contributed by atoms with Crippen molar-refractivity contribution in [1.29, 1.82) is 10.5 Å². The summed E-state index contributed by atoms with van der Waals surface area (Å²) >= 11 is 6.13. The zero-order chi connectivity index (χ0) is 33.1. The second-order valence-corrected chi connectivity index (χ2v) is 11.8. The molecule has 238 valence electrons. The number of aromatic amines is 1. The number of halogens is 1. The van der Waals surface area contributed by atoms with Gasteiger partial charge in [-0.2, -0.15) is 15.6 Å². The van der Waals surface area contributed by atoms with E-state index in [9.17, 15) is 14.4 Å². The number of benzene rings is 1. The van der Waals surface area contributed by atoms with Crippen LogP contribution in [0.2, 0.25) is 5.02 Å². The Morgan fingerprint density at radius 1 is 1.09 bits per heavy atom. The Hall–Kier alpha value is -5.05. The Labute approximate surface area is 270 Å². The van der Waals surface area contributed by atoms with Crippen LogP contribution >= 0.6 is 11.6 Å². The van der Waals surface area contributed by atoms with Crippen molar-refractivity contribution in [3.05, 3.63) is 41.2 Å². The van der Waals surface area contributed by atoms with Gasteiger partial charge in [0.15, 0.2) is 5.65 Å². The lowest BCUT2D eigenvalue weighted by atomic mass is 10.00. The molecule has 2 fully saturated rings. The molecular weight excluding hydrogens is 610 g/mol. The summed E-state index contributed by atoms with van der Waals surface area (Å²) in [6, 6.07) is 8.68. The van der Waals surface area contributed by atoms with Crippen LogP contribution in [0.3, 0.4) is 0 Å². The summed E-state index contributed by atoms with van der Waals surface area (Å²) in [4.78, 5) is 52.4. The third-order valence-corrected chi connectivity index (χ3v) is 8.44. The third kappa shape index (κ3) is 6.36. The highest BCUT2D eigenvalue weighted by atomic mass is 35.5. The molecule has 2 aliphatic rings. The average Bonchev–Trinajstić information content (AvgIpc) is 3.58. The zero-order valence-corrected chi connectivity index (χ0v) is 26.5. The van der Waals surface area contributed by atoms with Gasteiger partial charge in [-0.25, -0.2) is 9.97 Å². The largest absolute Gasteiger partial charge is 0.344 e. The predicted octanol–water partition coefficient (Wildman–Crippen LogP) is 2.36. The maximum Gasteiger partial charge on any atom is 0.255 e. The van der Waals surface area contributed by atoms with Crippen LogP contribution in [0.5, 0.6) is 0 Å². The van der Waals surface area contributed by atoms with Gasteiger partial charge in [-0.05, 0) is 31.0 Å². The molecule has 2 saturated heterocycles. The van der Waals surface area contributed by atoms with Gasteiger partial charge in [-0.15, -0.1) is 0 Å². The number of H-pyrrole nitrogens is 1. The molecule has 0 spiro atoms. The van der Waals surface area contributed by atoms with Gasteiger partial charge in [-0.3, -0.25) is 19.1 Å². The summed E-state index contributed by atoms with van der Waals surface area (Å²) in [5, 5.41) is 26.3. The first kappa shape index (κ1) is 32.3. The van der Waals surface area contributed by atoms with Crippen molar-refractivity contribution in [2.24, 2.45) is 24.6 Å². The fraction of sp³-hybridized carbons (Fsp3) is 0.419. The van der Waals surface area contributed by atoms with Gasteiger partial charge < -0.3 is 25.8 Å². The van der Waals surface area contributed by atoms with Crippen molar-refractivity contribution >= 4 is 51.4 Å². The number of rotatable bonds is 7. The molecule has 2 atom stereocenters. The first-order valence-corrected chi connectivity index (χ1v) is 15.4. The molecule has 0 saturated carbocycles. The molecule has 3 amide bonds. The highest BCUT2D eigenvalue weighted by Crippen LogP contribution is 2.29. The summed E-state index contributed by atoms with van der Waals surface area (Å²) < 4.78 is 1.72. The van der Waals surface area contributed by atoms with Gasteiger partial charge in [0, 0.05) is 49.8 Å². The van der Waals surface area contributed by atoms with E-state index in [1.165, 1.54) is 6.20 Å². The van der Waals surface area contributed by atoms with E-state index in [1.807, 2.05) is 33.0 Å². The number of carbonyl (C=O) groups is 3. The lowest BCUT2D eigenvalue weighted by Gasteiger charge is -2.37. The van der Waals surface area contributed by atoms with E-state index >= 15 is 0 Å². The smallest absolute Gasteiger partial charge is 0.255 e. The number of nitriles is 2. The molecule has 0 unspecified atom stereocenters. The third-order valence-electron chi connectivity index (χ3n) is 8.20. The van der Waals surface area contributed by atoms with Gasteiger partial charge >= 0.3 is 0 Å². The lowest BCUT2D eigenvalue weighted by molar-refractivity contribution is -0.138.